The summed E-state index contributed by atoms with van der Waals surface area (Å²) in [5.41, 5.74) is 0.660. The average Bonchev–Trinajstić information content (AvgIpc) is 3.14. The summed E-state index contributed by atoms with van der Waals surface area (Å²) in [6, 6.07) is 11.3. The molecule has 0 radical (unpaired) electrons. The number of aromatic nitrogens is 2. The van der Waals surface area contributed by atoms with E-state index in [1.165, 1.54) is 23.1 Å². The zero-order chi connectivity index (χ0) is 21.0. The first-order valence-electron chi connectivity index (χ1n) is 9.83. The summed E-state index contributed by atoms with van der Waals surface area (Å²) < 4.78 is 1.61. The van der Waals surface area contributed by atoms with Gasteiger partial charge in [-0.25, -0.2) is 4.98 Å². The van der Waals surface area contributed by atoms with Crippen LogP contribution in [0, 0.1) is 11.8 Å². The summed E-state index contributed by atoms with van der Waals surface area (Å²) in [5.74, 6) is 1.16. The fourth-order valence-corrected chi connectivity index (χ4v) is 4.89. The predicted octanol–water partition coefficient (Wildman–Crippen LogP) is 4.68. The van der Waals surface area contributed by atoms with Crippen LogP contribution in [-0.4, -0.2) is 39.2 Å². The number of amides is 1. The molecule has 0 saturated heterocycles. The molecule has 0 spiro atoms. The number of thiophene rings is 1. The Bertz CT molecular complexity index is 1020. The molecule has 0 aliphatic rings. The quantitative estimate of drug-likeness (QED) is 0.385. The second-order valence-corrected chi connectivity index (χ2v) is 9.72. The summed E-state index contributed by atoms with van der Waals surface area (Å²) >= 11 is 2.78. The maximum Gasteiger partial charge on any atom is 0.267 e. The monoisotopic (exact) mass is 429 g/mol. The van der Waals surface area contributed by atoms with E-state index in [4.69, 9.17) is 4.98 Å². The van der Waals surface area contributed by atoms with Gasteiger partial charge in [0.25, 0.3) is 5.56 Å². The first kappa shape index (κ1) is 21.6. The highest BCUT2D eigenvalue weighted by molar-refractivity contribution is 7.99. The molecule has 2 aromatic heterocycles. The molecule has 0 bridgehead atoms. The van der Waals surface area contributed by atoms with Crippen LogP contribution in [0.2, 0.25) is 0 Å². The normalized spacial score (nSPS) is 11.5. The van der Waals surface area contributed by atoms with Gasteiger partial charge in [-0.05, 0) is 35.4 Å². The Morgan fingerprint density at radius 1 is 1.10 bits per heavy atom. The fraction of sp³-hybridized carbons (Fsp3) is 0.409. The Kier molecular flexibility index (Phi) is 7.14. The molecule has 0 fully saturated rings. The average molecular weight is 430 g/mol. The predicted molar refractivity (Wildman–Crippen MR) is 122 cm³/mol. The molecule has 1 aromatic carbocycles. The second kappa shape index (κ2) is 9.59. The van der Waals surface area contributed by atoms with Crippen LogP contribution in [0.5, 0.6) is 0 Å². The van der Waals surface area contributed by atoms with Crippen LogP contribution in [0.4, 0.5) is 0 Å². The second-order valence-electron chi connectivity index (χ2n) is 7.89. The lowest BCUT2D eigenvalue weighted by atomic mass is 10.1. The number of nitrogens with zero attached hydrogens (tertiary/aromatic N) is 3. The van der Waals surface area contributed by atoms with Crippen LogP contribution in [0.3, 0.4) is 0 Å². The van der Waals surface area contributed by atoms with Gasteiger partial charge < -0.3 is 4.90 Å². The minimum absolute atomic E-state index is 0.0811. The third kappa shape index (κ3) is 5.28. The number of rotatable bonds is 8. The van der Waals surface area contributed by atoms with Crippen molar-refractivity contribution in [1.82, 2.24) is 14.5 Å². The topological polar surface area (TPSA) is 55.2 Å². The molecular formula is C22H27N3O2S2. The Morgan fingerprint density at radius 2 is 1.76 bits per heavy atom. The standard InChI is InChI=1S/C22H27N3O2S2/c1-15(2)12-24(13-16(3)4)19(26)14-29-22-23-20-18(10-11-28-20)21(27)25(22)17-8-6-5-7-9-17/h5-11,15-16H,12-14H2,1-4H3. The van der Waals surface area contributed by atoms with Crippen molar-refractivity contribution >= 4 is 39.2 Å². The van der Waals surface area contributed by atoms with E-state index >= 15 is 0 Å². The minimum Gasteiger partial charge on any atom is -0.341 e. The molecule has 0 saturated carbocycles. The van der Waals surface area contributed by atoms with Gasteiger partial charge in [0.15, 0.2) is 5.16 Å². The molecule has 3 aromatic rings. The first-order chi connectivity index (χ1) is 13.9. The molecule has 29 heavy (non-hydrogen) atoms. The van der Waals surface area contributed by atoms with Gasteiger partial charge in [0, 0.05) is 13.1 Å². The minimum atomic E-state index is -0.0985. The lowest BCUT2D eigenvalue weighted by Crippen LogP contribution is -2.38. The van der Waals surface area contributed by atoms with E-state index in [-0.39, 0.29) is 17.2 Å². The zero-order valence-electron chi connectivity index (χ0n) is 17.3. The third-order valence-corrected chi connectivity index (χ3v) is 6.06. The summed E-state index contributed by atoms with van der Waals surface area (Å²) in [6.45, 7) is 9.95. The molecule has 154 valence electrons. The van der Waals surface area contributed by atoms with E-state index < -0.39 is 0 Å². The van der Waals surface area contributed by atoms with Crippen molar-refractivity contribution in [3.63, 3.8) is 0 Å². The Hall–Kier alpha value is -2.12. The summed E-state index contributed by atoms with van der Waals surface area (Å²) in [5, 5.41) is 3.04. The van der Waals surface area contributed by atoms with E-state index in [9.17, 15) is 9.59 Å². The number of thioether (sulfide) groups is 1. The van der Waals surface area contributed by atoms with E-state index in [1.807, 2.05) is 40.6 Å². The molecule has 0 aliphatic heterocycles. The highest BCUT2D eigenvalue weighted by Gasteiger charge is 2.19. The summed E-state index contributed by atoms with van der Waals surface area (Å²) in [7, 11) is 0. The van der Waals surface area contributed by atoms with Crippen LogP contribution < -0.4 is 5.56 Å². The van der Waals surface area contributed by atoms with Crippen LogP contribution >= 0.6 is 23.1 Å². The largest absolute Gasteiger partial charge is 0.341 e. The molecule has 1 amide bonds. The third-order valence-electron chi connectivity index (χ3n) is 4.33. The molecule has 0 N–H and O–H groups in total. The van der Waals surface area contributed by atoms with Crippen molar-refractivity contribution in [2.24, 2.45) is 11.8 Å². The van der Waals surface area contributed by atoms with E-state index in [0.717, 1.165) is 18.8 Å². The SMILES string of the molecule is CC(C)CN(CC(C)C)C(=O)CSc1nc2sccc2c(=O)n1-c1ccccc1. The van der Waals surface area contributed by atoms with Gasteiger partial charge in [-0.15, -0.1) is 11.3 Å². The van der Waals surface area contributed by atoms with Crippen molar-refractivity contribution in [2.75, 3.05) is 18.8 Å². The number of fused-ring (bicyclic) bond motifs is 1. The van der Waals surface area contributed by atoms with Crippen LogP contribution in [0.15, 0.2) is 51.7 Å². The first-order valence-corrected chi connectivity index (χ1v) is 11.7. The molecule has 3 rings (SSSR count). The number of hydrogen-bond acceptors (Lipinski definition) is 5. The fourth-order valence-electron chi connectivity index (χ4n) is 3.17. The van der Waals surface area contributed by atoms with Crippen molar-refractivity contribution < 1.29 is 4.79 Å². The number of hydrogen-bond donors (Lipinski definition) is 0. The Balaban J connectivity index is 1.91. The highest BCUT2D eigenvalue weighted by atomic mass is 32.2. The molecule has 0 unspecified atom stereocenters. The highest BCUT2D eigenvalue weighted by Crippen LogP contribution is 2.24. The molecule has 2 heterocycles. The zero-order valence-corrected chi connectivity index (χ0v) is 18.9. The van der Waals surface area contributed by atoms with Crippen molar-refractivity contribution in [2.45, 2.75) is 32.9 Å². The lowest BCUT2D eigenvalue weighted by molar-refractivity contribution is -0.129. The number of carbonyl (C=O) groups excluding carboxylic acids is 1. The maximum atomic E-state index is 13.1. The van der Waals surface area contributed by atoms with Gasteiger partial charge in [0.1, 0.15) is 4.83 Å². The van der Waals surface area contributed by atoms with Crippen molar-refractivity contribution in [3.05, 3.63) is 52.1 Å². The number of carbonyl (C=O) groups is 1. The molecule has 7 heteroatoms. The van der Waals surface area contributed by atoms with Crippen LogP contribution in [0.25, 0.3) is 15.9 Å². The smallest absolute Gasteiger partial charge is 0.267 e. The molecule has 0 atom stereocenters. The molecule has 5 nitrogen and oxygen atoms in total. The van der Waals surface area contributed by atoms with Gasteiger partial charge >= 0.3 is 0 Å². The van der Waals surface area contributed by atoms with Gasteiger partial charge in [-0.1, -0.05) is 57.7 Å². The molecular weight excluding hydrogens is 402 g/mol. The van der Waals surface area contributed by atoms with E-state index in [0.29, 0.717) is 27.2 Å². The number of para-hydroxylation sites is 1. The van der Waals surface area contributed by atoms with E-state index in [1.54, 1.807) is 10.6 Å². The van der Waals surface area contributed by atoms with E-state index in [2.05, 4.69) is 27.7 Å². The maximum absolute atomic E-state index is 13.1. The van der Waals surface area contributed by atoms with Gasteiger partial charge in [0.2, 0.25) is 5.91 Å². The van der Waals surface area contributed by atoms with Crippen molar-refractivity contribution in [1.29, 1.82) is 0 Å². The Morgan fingerprint density at radius 3 is 2.38 bits per heavy atom. The number of benzene rings is 1. The summed E-state index contributed by atoms with van der Waals surface area (Å²) in [6.07, 6.45) is 0. The van der Waals surface area contributed by atoms with Crippen LogP contribution in [-0.2, 0) is 4.79 Å². The van der Waals surface area contributed by atoms with Crippen molar-refractivity contribution in [3.8, 4) is 5.69 Å². The lowest BCUT2D eigenvalue weighted by Gasteiger charge is -2.26. The Labute approximate surface area is 179 Å². The molecule has 0 aliphatic carbocycles. The summed E-state index contributed by atoms with van der Waals surface area (Å²) in [4.78, 5) is 33.4. The van der Waals surface area contributed by atoms with Gasteiger partial charge in [-0.2, -0.15) is 0 Å². The van der Waals surface area contributed by atoms with Gasteiger partial charge in [0.05, 0.1) is 16.8 Å². The van der Waals surface area contributed by atoms with Gasteiger partial charge in [-0.3, -0.25) is 14.2 Å². The van der Waals surface area contributed by atoms with Crippen LogP contribution in [0.1, 0.15) is 27.7 Å².